The number of halogens is 3. The lowest BCUT2D eigenvalue weighted by Crippen LogP contribution is -2.28. The van der Waals surface area contributed by atoms with Crippen molar-refractivity contribution in [1.82, 2.24) is 0 Å². The largest absolute Gasteiger partial charge is 0.416 e. The molecule has 0 saturated carbocycles. The van der Waals surface area contributed by atoms with Crippen molar-refractivity contribution in [3.05, 3.63) is 70.1 Å². The van der Waals surface area contributed by atoms with Crippen molar-refractivity contribution in [3.63, 3.8) is 0 Å². The topological polar surface area (TPSA) is 44.2 Å². The highest BCUT2D eigenvalue weighted by atomic mass is 32.2. The van der Waals surface area contributed by atoms with Gasteiger partial charge in [-0.3, -0.25) is 15.1 Å². The smallest absolute Gasteiger partial charge is 0.278 e. The summed E-state index contributed by atoms with van der Waals surface area (Å²) >= 11 is 0.934. The summed E-state index contributed by atoms with van der Waals surface area (Å²) in [6.07, 6.45) is -2.86. The van der Waals surface area contributed by atoms with E-state index in [-0.39, 0.29) is 16.3 Å². The minimum Gasteiger partial charge on any atom is -0.278 e. The normalized spacial score (nSPS) is 16.9. The molecule has 28 heavy (non-hydrogen) atoms. The number of amides is 1. The molecule has 7 heteroatoms. The minimum atomic E-state index is -4.51. The molecule has 1 fully saturated rings. The summed E-state index contributed by atoms with van der Waals surface area (Å²) in [6, 6.07) is 12.2. The number of nitrogens with one attached hydrogen (secondary N) is 1. The maximum absolute atomic E-state index is 13.0. The van der Waals surface area contributed by atoms with Crippen LogP contribution >= 0.6 is 11.8 Å². The second-order valence-corrected chi connectivity index (χ2v) is 8.51. The Labute approximate surface area is 165 Å². The second-order valence-electron chi connectivity index (χ2n) is 7.48. The number of alkyl halides is 3. The SMILES string of the molecule is CC(C)(C)c1ccc(/C=C2\SC(=N)N(c3cccc(C(F)(F)F)c3)C2=O)cc1. The predicted octanol–water partition coefficient (Wildman–Crippen LogP) is 6.06. The third kappa shape index (κ3) is 4.14. The molecule has 3 rings (SSSR count). The zero-order valence-electron chi connectivity index (χ0n) is 15.6. The summed E-state index contributed by atoms with van der Waals surface area (Å²) in [5.74, 6) is -0.505. The van der Waals surface area contributed by atoms with Gasteiger partial charge < -0.3 is 0 Å². The van der Waals surface area contributed by atoms with Crippen molar-refractivity contribution in [1.29, 1.82) is 5.41 Å². The Balaban J connectivity index is 1.89. The van der Waals surface area contributed by atoms with Gasteiger partial charge in [0.1, 0.15) is 0 Å². The molecule has 1 N–H and O–H groups in total. The molecule has 0 bridgehead atoms. The summed E-state index contributed by atoms with van der Waals surface area (Å²) in [5.41, 5.74) is 1.13. The zero-order valence-corrected chi connectivity index (χ0v) is 16.4. The summed E-state index contributed by atoms with van der Waals surface area (Å²) in [4.78, 5) is 14.0. The standard InChI is InChI=1S/C21H19F3N2OS/c1-20(2,3)14-9-7-13(8-10-14)11-17-18(27)26(19(25)28-17)16-6-4-5-15(12-16)21(22,23)24/h4-12,25H,1-3H3/b17-11-,25-19?. The molecule has 0 radical (unpaired) electrons. The summed E-state index contributed by atoms with van der Waals surface area (Å²) in [5, 5.41) is 7.94. The van der Waals surface area contributed by atoms with Crippen molar-refractivity contribution in [2.24, 2.45) is 0 Å². The molecule has 1 amide bonds. The summed E-state index contributed by atoms with van der Waals surface area (Å²) < 4.78 is 38.9. The average Bonchev–Trinajstić information content (AvgIpc) is 2.87. The van der Waals surface area contributed by atoms with E-state index in [0.29, 0.717) is 4.91 Å². The number of hydrogen-bond donors (Lipinski definition) is 1. The minimum absolute atomic E-state index is 0.00598. The molecule has 1 heterocycles. The van der Waals surface area contributed by atoms with E-state index >= 15 is 0 Å². The van der Waals surface area contributed by atoms with Gasteiger partial charge in [-0.2, -0.15) is 13.2 Å². The van der Waals surface area contributed by atoms with Crippen LogP contribution in [0.4, 0.5) is 18.9 Å². The van der Waals surface area contributed by atoms with Gasteiger partial charge in [-0.15, -0.1) is 0 Å². The number of amidine groups is 1. The van der Waals surface area contributed by atoms with Crippen LogP contribution < -0.4 is 4.90 Å². The van der Waals surface area contributed by atoms with Gasteiger partial charge in [-0.05, 0) is 52.6 Å². The molecule has 3 nitrogen and oxygen atoms in total. The molecule has 2 aromatic carbocycles. The van der Waals surface area contributed by atoms with Crippen molar-refractivity contribution >= 4 is 34.6 Å². The van der Waals surface area contributed by atoms with Crippen LogP contribution in [0.25, 0.3) is 6.08 Å². The Kier molecular flexibility index (Phi) is 5.14. The Hall–Kier alpha value is -2.54. The van der Waals surface area contributed by atoms with E-state index in [0.717, 1.165) is 39.9 Å². The first-order valence-corrected chi connectivity index (χ1v) is 9.39. The molecule has 0 atom stereocenters. The molecular formula is C21H19F3N2OS. The third-order valence-electron chi connectivity index (χ3n) is 4.33. The number of benzene rings is 2. The van der Waals surface area contributed by atoms with Crippen LogP contribution in [0.1, 0.15) is 37.5 Å². The van der Waals surface area contributed by atoms with Crippen LogP contribution in [-0.2, 0) is 16.4 Å². The lowest BCUT2D eigenvalue weighted by molar-refractivity contribution is -0.137. The summed E-state index contributed by atoms with van der Waals surface area (Å²) in [7, 11) is 0. The first kappa shape index (κ1) is 20.2. The Morgan fingerprint density at radius 1 is 1.00 bits per heavy atom. The maximum Gasteiger partial charge on any atom is 0.416 e. The highest BCUT2D eigenvalue weighted by molar-refractivity contribution is 8.19. The van der Waals surface area contributed by atoms with Crippen LogP contribution in [0.15, 0.2) is 53.4 Å². The highest BCUT2D eigenvalue weighted by Gasteiger charge is 2.36. The molecule has 0 aromatic heterocycles. The van der Waals surface area contributed by atoms with Gasteiger partial charge in [0.05, 0.1) is 16.2 Å². The molecule has 146 valence electrons. The average molecular weight is 404 g/mol. The van der Waals surface area contributed by atoms with E-state index < -0.39 is 17.6 Å². The molecule has 0 aliphatic carbocycles. The van der Waals surface area contributed by atoms with E-state index in [1.54, 1.807) is 6.08 Å². The van der Waals surface area contributed by atoms with Gasteiger partial charge in [0.25, 0.3) is 5.91 Å². The number of rotatable bonds is 2. The Bertz CT molecular complexity index is 957. The van der Waals surface area contributed by atoms with Crippen molar-refractivity contribution in [2.45, 2.75) is 32.4 Å². The molecule has 0 unspecified atom stereocenters. The fourth-order valence-electron chi connectivity index (χ4n) is 2.77. The first-order chi connectivity index (χ1) is 13.0. The lowest BCUT2D eigenvalue weighted by Gasteiger charge is -2.18. The number of nitrogens with zero attached hydrogens (tertiary/aromatic N) is 1. The highest BCUT2D eigenvalue weighted by Crippen LogP contribution is 2.38. The maximum atomic E-state index is 13.0. The van der Waals surface area contributed by atoms with Crippen molar-refractivity contribution in [3.8, 4) is 0 Å². The quantitative estimate of drug-likeness (QED) is 0.619. The number of thioether (sulfide) groups is 1. The number of hydrogen-bond acceptors (Lipinski definition) is 3. The fraction of sp³-hybridized carbons (Fsp3) is 0.238. The number of carbonyl (C=O) groups excluding carboxylic acids is 1. The van der Waals surface area contributed by atoms with Gasteiger partial charge >= 0.3 is 6.18 Å². The number of anilines is 1. The van der Waals surface area contributed by atoms with Crippen LogP contribution in [0.3, 0.4) is 0 Å². The molecule has 0 spiro atoms. The van der Waals surface area contributed by atoms with E-state index in [9.17, 15) is 18.0 Å². The predicted molar refractivity (Wildman–Crippen MR) is 107 cm³/mol. The van der Waals surface area contributed by atoms with E-state index in [4.69, 9.17) is 5.41 Å². The molecule has 1 aliphatic heterocycles. The van der Waals surface area contributed by atoms with Gasteiger partial charge in [0, 0.05) is 0 Å². The number of carbonyl (C=O) groups is 1. The monoisotopic (exact) mass is 404 g/mol. The van der Waals surface area contributed by atoms with Gasteiger partial charge in [0.15, 0.2) is 5.17 Å². The van der Waals surface area contributed by atoms with Gasteiger partial charge in [0.2, 0.25) is 0 Å². The molecule has 1 aliphatic rings. The summed E-state index contributed by atoms with van der Waals surface area (Å²) in [6.45, 7) is 6.31. The molecule has 2 aromatic rings. The van der Waals surface area contributed by atoms with E-state index in [1.807, 2.05) is 24.3 Å². The van der Waals surface area contributed by atoms with Crippen LogP contribution in [-0.4, -0.2) is 11.1 Å². The Morgan fingerprint density at radius 3 is 2.21 bits per heavy atom. The second kappa shape index (κ2) is 7.13. The van der Waals surface area contributed by atoms with E-state index in [1.165, 1.54) is 12.1 Å². The van der Waals surface area contributed by atoms with Crippen LogP contribution in [0.2, 0.25) is 0 Å². The fourth-order valence-corrected chi connectivity index (χ4v) is 3.64. The lowest BCUT2D eigenvalue weighted by atomic mass is 9.87. The third-order valence-corrected chi connectivity index (χ3v) is 5.22. The van der Waals surface area contributed by atoms with Gasteiger partial charge in [-0.1, -0.05) is 51.1 Å². The van der Waals surface area contributed by atoms with Gasteiger partial charge in [-0.25, -0.2) is 0 Å². The first-order valence-electron chi connectivity index (χ1n) is 8.57. The van der Waals surface area contributed by atoms with Crippen LogP contribution in [0.5, 0.6) is 0 Å². The zero-order chi connectivity index (χ0) is 20.7. The van der Waals surface area contributed by atoms with Crippen LogP contribution in [0, 0.1) is 5.41 Å². The van der Waals surface area contributed by atoms with E-state index in [2.05, 4.69) is 20.8 Å². The molecular weight excluding hydrogens is 385 g/mol. The Morgan fingerprint density at radius 2 is 1.64 bits per heavy atom. The van der Waals surface area contributed by atoms with Crippen molar-refractivity contribution in [2.75, 3.05) is 4.90 Å². The molecule has 1 saturated heterocycles. The van der Waals surface area contributed by atoms with Crippen molar-refractivity contribution < 1.29 is 18.0 Å².